The largest absolute Gasteiger partial charge is 0.550 e. The molecule has 0 radical (unpaired) electrons. The Kier molecular flexibility index (Phi) is 4.54. The highest BCUT2D eigenvalue weighted by Crippen LogP contribution is 2.46. The summed E-state index contributed by atoms with van der Waals surface area (Å²) < 4.78 is 0. The Balaban J connectivity index is 3.18. The lowest BCUT2D eigenvalue weighted by Crippen LogP contribution is -2.54. The molecule has 2 atom stereocenters. The van der Waals surface area contributed by atoms with Crippen LogP contribution in [0.1, 0.15) is 52.9 Å². The van der Waals surface area contributed by atoms with Gasteiger partial charge in [0.25, 0.3) is 0 Å². The number of hydrogen-bond acceptors (Lipinski definition) is 4. The van der Waals surface area contributed by atoms with E-state index in [0.29, 0.717) is 12.8 Å². The molecule has 0 aromatic heterocycles. The van der Waals surface area contributed by atoms with E-state index in [1.54, 1.807) is 0 Å². The molecule has 1 aliphatic carbocycles. The first-order valence-electron chi connectivity index (χ1n) is 6.42. The Morgan fingerprint density at radius 2 is 1.89 bits per heavy atom. The molecule has 0 aromatic rings. The second-order valence-corrected chi connectivity index (χ2v) is 5.36. The van der Waals surface area contributed by atoms with Crippen molar-refractivity contribution in [3.63, 3.8) is 0 Å². The minimum atomic E-state index is -1.29. The molecule has 4 heteroatoms. The van der Waals surface area contributed by atoms with E-state index in [1.165, 1.54) is 0 Å². The van der Waals surface area contributed by atoms with Crippen molar-refractivity contribution < 1.29 is 19.8 Å². The predicted octanol–water partition coefficient (Wildman–Crippen LogP) is 0.409. The van der Waals surface area contributed by atoms with Crippen molar-refractivity contribution in [1.29, 1.82) is 0 Å². The topological polar surface area (TPSA) is 80.3 Å². The Morgan fingerprint density at radius 3 is 2.33 bits per heavy atom. The summed E-state index contributed by atoms with van der Waals surface area (Å²) in [7, 11) is 0. The van der Waals surface area contributed by atoms with E-state index in [4.69, 9.17) is 0 Å². The van der Waals surface area contributed by atoms with Crippen LogP contribution in [0.15, 0.2) is 11.1 Å². The van der Waals surface area contributed by atoms with Gasteiger partial charge in [-0.05, 0) is 33.1 Å². The van der Waals surface area contributed by atoms with Crippen molar-refractivity contribution in [2.24, 2.45) is 11.3 Å². The summed E-state index contributed by atoms with van der Waals surface area (Å²) in [6.45, 7) is 5.67. The van der Waals surface area contributed by atoms with Gasteiger partial charge in [-0.1, -0.05) is 30.9 Å². The number of carboxylic acid groups (broad SMARTS) is 2. The first-order chi connectivity index (χ1) is 8.35. The van der Waals surface area contributed by atoms with Crippen molar-refractivity contribution in [2.45, 2.75) is 52.9 Å². The van der Waals surface area contributed by atoms with Gasteiger partial charge in [-0.25, -0.2) is 0 Å². The lowest BCUT2D eigenvalue weighted by molar-refractivity contribution is -0.336. The summed E-state index contributed by atoms with van der Waals surface area (Å²) >= 11 is 0. The Labute approximate surface area is 108 Å². The Bertz CT molecular complexity index is 383. The van der Waals surface area contributed by atoms with Gasteiger partial charge in [-0.3, -0.25) is 0 Å². The highest BCUT2D eigenvalue weighted by Gasteiger charge is 2.43. The van der Waals surface area contributed by atoms with Crippen molar-refractivity contribution in [3.05, 3.63) is 11.1 Å². The fraction of sp³-hybridized carbons (Fsp3) is 0.714. The maximum Gasteiger partial charge on any atom is 0.0486 e. The zero-order valence-corrected chi connectivity index (χ0v) is 11.2. The van der Waals surface area contributed by atoms with Gasteiger partial charge in [0.15, 0.2) is 0 Å². The molecule has 0 saturated heterocycles. The molecule has 18 heavy (non-hydrogen) atoms. The summed E-state index contributed by atoms with van der Waals surface area (Å²) in [6, 6.07) is 0. The molecular weight excluding hydrogens is 232 g/mol. The number of carboxylic acids is 2. The molecule has 0 unspecified atom stereocenters. The zero-order chi connectivity index (χ0) is 13.9. The third-order valence-corrected chi connectivity index (χ3v) is 4.15. The van der Waals surface area contributed by atoms with Crippen LogP contribution in [0.4, 0.5) is 0 Å². The highest BCUT2D eigenvalue weighted by molar-refractivity contribution is 5.82. The van der Waals surface area contributed by atoms with Crippen LogP contribution in [0.25, 0.3) is 0 Å². The molecule has 0 heterocycles. The third-order valence-electron chi connectivity index (χ3n) is 4.15. The standard InChI is InChI=1S/C14H22O4/c1-4-5-6-14(13(17)18)8-10(3)9(2)7-11(14)12(15)16/h11H,4-8H2,1-3H3,(H,15,16)(H,17,18)/p-2/t11-,14-/m0/s1. The van der Waals surface area contributed by atoms with Crippen LogP contribution < -0.4 is 10.2 Å². The number of carbonyl (C=O) groups is 2. The smallest absolute Gasteiger partial charge is 0.0486 e. The van der Waals surface area contributed by atoms with Crippen LogP contribution >= 0.6 is 0 Å². The van der Waals surface area contributed by atoms with Crippen LogP contribution in [0, 0.1) is 11.3 Å². The molecule has 0 saturated carbocycles. The minimum Gasteiger partial charge on any atom is -0.550 e. The zero-order valence-electron chi connectivity index (χ0n) is 11.2. The molecular formula is C14H20O4-2. The summed E-state index contributed by atoms with van der Waals surface area (Å²) in [5, 5.41) is 22.8. The van der Waals surface area contributed by atoms with E-state index in [2.05, 4.69) is 0 Å². The fourth-order valence-corrected chi connectivity index (χ4v) is 2.80. The molecule has 0 N–H and O–H groups in total. The molecule has 1 rings (SSSR count). The van der Waals surface area contributed by atoms with E-state index in [9.17, 15) is 19.8 Å². The molecule has 0 fully saturated rings. The monoisotopic (exact) mass is 252 g/mol. The summed E-state index contributed by atoms with van der Waals surface area (Å²) in [4.78, 5) is 22.8. The first-order valence-corrected chi connectivity index (χ1v) is 6.42. The van der Waals surface area contributed by atoms with E-state index in [0.717, 1.165) is 17.6 Å². The van der Waals surface area contributed by atoms with E-state index < -0.39 is 23.3 Å². The normalized spacial score (nSPS) is 28.3. The number of aliphatic carboxylic acids is 2. The molecule has 102 valence electrons. The quantitative estimate of drug-likeness (QED) is 0.664. The minimum absolute atomic E-state index is 0.256. The van der Waals surface area contributed by atoms with Crippen molar-refractivity contribution in [3.8, 4) is 0 Å². The van der Waals surface area contributed by atoms with Crippen molar-refractivity contribution in [1.82, 2.24) is 0 Å². The Hall–Kier alpha value is -1.32. The van der Waals surface area contributed by atoms with Crippen molar-refractivity contribution >= 4 is 11.9 Å². The van der Waals surface area contributed by atoms with Gasteiger partial charge >= 0.3 is 0 Å². The maximum absolute atomic E-state index is 11.5. The summed E-state index contributed by atoms with van der Waals surface area (Å²) in [5.41, 5.74) is 0.628. The molecule has 1 aliphatic rings. The molecule has 0 aromatic carbocycles. The SMILES string of the molecule is CCCC[C@]1(C(=O)[O-])CC(C)=C(C)C[C@H]1C(=O)[O-]. The maximum atomic E-state index is 11.5. The van der Waals surface area contributed by atoms with Crippen LogP contribution in [0.3, 0.4) is 0 Å². The lowest BCUT2D eigenvalue weighted by atomic mass is 9.62. The highest BCUT2D eigenvalue weighted by atomic mass is 16.4. The van der Waals surface area contributed by atoms with E-state index in [-0.39, 0.29) is 12.8 Å². The second kappa shape index (κ2) is 5.55. The first kappa shape index (κ1) is 14.7. The van der Waals surface area contributed by atoms with Crippen LogP contribution in [0.5, 0.6) is 0 Å². The average Bonchev–Trinajstić information content (AvgIpc) is 2.29. The number of hydrogen-bond donors (Lipinski definition) is 0. The summed E-state index contributed by atoms with van der Waals surface area (Å²) in [5.74, 6) is -3.50. The average molecular weight is 252 g/mol. The molecule has 4 nitrogen and oxygen atoms in total. The number of carbonyl (C=O) groups excluding carboxylic acids is 2. The van der Waals surface area contributed by atoms with Crippen molar-refractivity contribution in [2.75, 3.05) is 0 Å². The van der Waals surface area contributed by atoms with Gasteiger partial charge in [0.2, 0.25) is 0 Å². The predicted molar refractivity (Wildman–Crippen MR) is 63.1 cm³/mol. The van der Waals surface area contributed by atoms with E-state index in [1.807, 2.05) is 20.8 Å². The van der Waals surface area contributed by atoms with Gasteiger partial charge in [-0.2, -0.15) is 0 Å². The molecule has 0 bridgehead atoms. The number of unbranched alkanes of at least 4 members (excludes halogenated alkanes) is 1. The molecule has 0 aliphatic heterocycles. The number of allylic oxidation sites excluding steroid dienone is 2. The van der Waals surface area contributed by atoms with Crippen LogP contribution in [0.2, 0.25) is 0 Å². The van der Waals surface area contributed by atoms with Crippen LogP contribution in [-0.4, -0.2) is 11.9 Å². The van der Waals surface area contributed by atoms with Gasteiger partial charge in [0.1, 0.15) is 0 Å². The van der Waals surface area contributed by atoms with Crippen LogP contribution in [-0.2, 0) is 9.59 Å². The second-order valence-electron chi connectivity index (χ2n) is 5.36. The van der Waals surface area contributed by atoms with Gasteiger partial charge in [0, 0.05) is 23.3 Å². The van der Waals surface area contributed by atoms with E-state index >= 15 is 0 Å². The van der Waals surface area contributed by atoms with Gasteiger partial charge in [-0.15, -0.1) is 0 Å². The molecule has 0 spiro atoms. The molecule has 0 amide bonds. The lowest BCUT2D eigenvalue weighted by Gasteiger charge is -2.46. The fourth-order valence-electron chi connectivity index (χ4n) is 2.80. The Morgan fingerprint density at radius 1 is 1.28 bits per heavy atom. The summed E-state index contributed by atoms with van der Waals surface area (Å²) in [6.07, 6.45) is 2.38. The number of rotatable bonds is 5. The third kappa shape index (κ3) is 2.57. The van der Waals surface area contributed by atoms with Gasteiger partial charge in [0.05, 0.1) is 0 Å². The van der Waals surface area contributed by atoms with Gasteiger partial charge < -0.3 is 19.8 Å².